The van der Waals surface area contributed by atoms with E-state index in [1.54, 1.807) is 0 Å². The summed E-state index contributed by atoms with van der Waals surface area (Å²) in [6.45, 7) is 2.11. The van der Waals surface area contributed by atoms with Crippen LogP contribution in [0.5, 0.6) is 0 Å². The van der Waals surface area contributed by atoms with Crippen molar-refractivity contribution in [3.05, 3.63) is 35.4 Å². The van der Waals surface area contributed by atoms with Crippen molar-refractivity contribution in [2.24, 2.45) is 0 Å². The van der Waals surface area contributed by atoms with E-state index in [-0.39, 0.29) is 6.61 Å². The second kappa shape index (κ2) is 4.14. The molecule has 1 radical (unpaired) electrons. The fourth-order valence-corrected chi connectivity index (χ4v) is 1.26. The topological polar surface area (TPSA) is 19.9 Å². The van der Waals surface area contributed by atoms with Crippen LogP contribution >= 0.6 is 0 Å². The molecule has 0 N–H and O–H groups in total. The van der Waals surface area contributed by atoms with Crippen molar-refractivity contribution in [2.75, 3.05) is 6.61 Å². The fourth-order valence-electron chi connectivity index (χ4n) is 1.26. The third kappa shape index (κ3) is 2.05. The summed E-state index contributed by atoms with van der Waals surface area (Å²) < 4.78 is 0. The van der Waals surface area contributed by atoms with E-state index in [0.717, 1.165) is 6.42 Å². The van der Waals surface area contributed by atoms with E-state index >= 15 is 0 Å². The van der Waals surface area contributed by atoms with Crippen LogP contribution in [0.15, 0.2) is 24.3 Å². The Labute approximate surface area is 67.7 Å². The van der Waals surface area contributed by atoms with Crippen LogP contribution in [0.3, 0.4) is 0 Å². The lowest BCUT2D eigenvalue weighted by molar-refractivity contribution is 0.197. The number of benzene rings is 1. The average molecular weight is 149 g/mol. The molecule has 0 atom stereocenters. The van der Waals surface area contributed by atoms with Crippen LogP contribution in [0.25, 0.3) is 0 Å². The number of aryl methyl sites for hydroxylation is 1. The summed E-state index contributed by atoms with van der Waals surface area (Å²) in [5, 5.41) is 10.4. The van der Waals surface area contributed by atoms with Gasteiger partial charge in [0.1, 0.15) is 0 Å². The predicted molar refractivity (Wildman–Crippen MR) is 45.1 cm³/mol. The number of hydrogen-bond donors (Lipinski definition) is 0. The second-order valence-corrected chi connectivity index (χ2v) is 2.58. The van der Waals surface area contributed by atoms with Crippen LogP contribution < -0.4 is 0 Å². The van der Waals surface area contributed by atoms with E-state index < -0.39 is 0 Å². The molecule has 0 fully saturated rings. The Balaban J connectivity index is 2.83. The Morgan fingerprint density at radius 3 is 2.36 bits per heavy atom. The highest BCUT2D eigenvalue weighted by molar-refractivity contribution is 5.26. The Hall–Kier alpha value is -0.820. The quantitative estimate of drug-likeness (QED) is 0.628. The van der Waals surface area contributed by atoms with Crippen molar-refractivity contribution in [1.82, 2.24) is 0 Å². The Morgan fingerprint density at radius 1 is 1.18 bits per heavy atom. The van der Waals surface area contributed by atoms with Gasteiger partial charge in [0, 0.05) is 0 Å². The van der Waals surface area contributed by atoms with Crippen LogP contribution in [-0.4, -0.2) is 6.61 Å². The molecule has 0 bridgehead atoms. The van der Waals surface area contributed by atoms with Gasteiger partial charge in [-0.3, -0.25) is 0 Å². The molecule has 0 saturated heterocycles. The number of rotatable bonds is 3. The van der Waals surface area contributed by atoms with E-state index in [4.69, 9.17) is 0 Å². The van der Waals surface area contributed by atoms with Crippen LogP contribution in [0.2, 0.25) is 0 Å². The smallest absolute Gasteiger partial charge is 0.0862 e. The fraction of sp³-hybridized carbons (Fsp3) is 0.400. The van der Waals surface area contributed by atoms with Crippen molar-refractivity contribution < 1.29 is 5.11 Å². The lowest BCUT2D eigenvalue weighted by atomic mass is 10.0. The maximum atomic E-state index is 10.4. The molecule has 0 aliphatic carbocycles. The molecular formula is C10H13O. The van der Waals surface area contributed by atoms with Crippen molar-refractivity contribution in [3.8, 4) is 0 Å². The molecule has 0 aliphatic rings. The van der Waals surface area contributed by atoms with E-state index in [1.807, 2.05) is 18.2 Å². The van der Waals surface area contributed by atoms with Gasteiger partial charge in [-0.2, -0.15) is 0 Å². The van der Waals surface area contributed by atoms with Gasteiger partial charge in [0.15, 0.2) is 0 Å². The SMILES string of the molecule is CCc1ccccc1CC[O]. The summed E-state index contributed by atoms with van der Waals surface area (Å²) in [5.74, 6) is 0. The molecule has 0 aliphatic heterocycles. The molecule has 0 amide bonds. The minimum Gasteiger partial charge on any atom is -0.236 e. The van der Waals surface area contributed by atoms with Crippen LogP contribution in [0.1, 0.15) is 18.1 Å². The molecule has 0 aromatic heterocycles. The zero-order valence-corrected chi connectivity index (χ0v) is 6.84. The molecular weight excluding hydrogens is 136 g/mol. The van der Waals surface area contributed by atoms with Crippen molar-refractivity contribution in [3.63, 3.8) is 0 Å². The first kappa shape index (κ1) is 8.28. The lowest BCUT2D eigenvalue weighted by Crippen LogP contribution is -1.94. The molecule has 59 valence electrons. The van der Waals surface area contributed by atoms with Crippen molar-refractivity contribution >= 4 is 0 Å². The molecule has 0 saturated carbocycles. The molecule has 1 rings (SSSR count). The molecule has 1 aromatic carbocycles. The van der Waals surface area contributed by atoms with Gasteiger partial charge >= 0.3 is 0 Å². The first-order chi connectivity index (χ1) is 5.38. The minimum absolute atomic E-state index is 0.00296. The van der Waals surface area contributed by atoms with Gasteiger partial charge in [-0.15, -0.1) is 0 Å². The highest BCUT2D eigenvalue weighted by Crippen LogP contribution is 2.09. The van der Waals surface area contributed by atoms with Crippen molar-refractivity contribution in [2.45, 2.75) is 19.8 Å². The highest BCUT2D eigenvalue weighted by Gasteiger charge is 1.97. The van der Waals surface area contributed by atoms with E-state index in [2.05, 4.69) is 13.0 Å². The lowest BCUT2D eigenvalue weighted by Gasteiger charge is -2.03. The molecule has 11 heavy (non-hydrogen) atoms. The molecule has 0 unspecified atom stereocenters. The summed E-state index contributed by atoms with van der Waals surface area (Å²) in [7, 11) is 0. The Kier molecular flexibility index (Phi) is 3.12. The van der Waals surface area contributed by atoms with Gasteiger partial charge in [0.25, 0.3) is 0 Å². The normalized spacial score (nSPS) is 10.0. The highest BCUT2D eigenvalue weighted by atomic mass is 16.2. The Bertz CT molecular complexity index is 218. The third-order valence-electron chi connectivity index (χ3n) is 1.87. The first-order valence-electron chi connectivity index (χ1n) is 4.03. The number of hydrogen-bond acceptors (Lipinski definition) is 0. The van der Waals surface area contributed by atoms with E-state index in [9.17, 15) is 5.11 Å². The molecule has 1 nitrogen and oxygen atoms in total. The monoisotopic (exact) mass is 149 g/mol. The predicted octanol–water partition coefficient (Wildman–Crippen LogP) is 2.22. The van der Waals surface area contributed by atoms with Gasteiger partial charge in [0.2, 0.25) is 0 Å². The maximum absolute atomic E-state index is 10.4. The second-order valence-electron chi connectivity index (χ2n) is 2.58. The van der Waals surface area contributed by atoms with Crippen LogP contribution in [-0.2, 0) is 17.9 Å². The summed E-state index contributed by atoms with van der Waals surface area (Å²) in [5.41, 5.74) is 2.52. The summed E-state index contributed by atoms with van der Waals surface area (Å²) >= 11 is 0. The average Bonchev–Trinajstić information content (AvgIpc) is 2.06. The third-order valence-corrected chi connectivity index (χ3v) is 1.87. The maximum Gasteiger partial charge on any atom is 0.0862 e. The first-order valence-corrected chi connectivity index (χ1v) is 4.03. The van der Waals surface area contributed by atoms with Crippen LogP contribution in [0, 0.1) is 0 Å². The van der Waals surface area contributed by atoms with Crippen LogP contribution in [0.4, 0.5) is 0 Å². The molecule has 0 spiro atoms. The summed E-state index contributed by atoms with van der Waals surface area (Å²) in [4.78, 5) is 0. The van der Waals surface area contributed by atoms with Gasteiger partial charge in [-0.1, -0.05) is 31.2 Å². The molecule has 0 heterocycles. The van der Waals surface area contributed by atoms with Gasteiger partial charge < -0.3 is 0 Å². The van der Waals surface area contributed by atoms with Gasteiger partial charge in [-0.05, 0) is 24.0 Å². The Morgan fingerprint density at radius 2 is 1.82 bits per heavy atom. The van der Waals surface area contributed by atoms with Crippen molar-refractivity contribution in [1.29, 1.82) is 0 Å². The molecule has 1 heteroatoms. The summed E-state index contributed by atoms with van der Waals surface area (Å²) in [6.07, 6.45) is 1.69. The standard InChI is InChI=1S/C10H13O/c1-2-9-5-3-4-6-10(9)7-8-11/h3-6H,2,7-8H2,1H3. The zero-order valence-electron chi connectivity index (χ0n) is 6.84. The minimum atomic E-state index is -0.00296. The largest absolute Gasteiger partial charge is 0.236 e. The zero-order chi connectivity index (χ0) is 8.10. The molecule has 1 aromatic rings. The van der Waals surface area contributed by atoms with Gasteiger partial charge in [0.05, 0.1) is 6.61 Å². The van der Waals surface area contributed by atoms with E-state index in [0.29, 0.717) is 6.42 Å². The summed E-state index contributed by atoms with van der Waals surface area (Å²) in [6, 6.07) is 8.14. The van der Waals surface area contributed by atoms with E-state index in [1.165, 1.54) is 11.1 Å². The van der Waals surface area contributed by atoms with Gasteiger partial charge in [-0.25, -0.2) is 5.11 Å².